The molecule has 17 heavy (non-hydrogen) atoms. The average Bonchev–Trinajstić information content (AvgIpc) is 2.19. The van der Waals surface area contributed by atoms with Gasteiger partial charge < -0.3 is 0 Å². The summed E-state index contributed by atoms with van der Waals surface area (Å²) >= 11 is 9.25. The van der Waals surface area contributed by atoms with Crippen molar-refractivity contribution >= 4 is 27.5 Å². The number of hydrogen-bond acceptors (Lipinski definition) is 1. The third-order valence-corrected chi connectivity index (χ3v) is 4.06. The van der Waals surface area contributed by atoms with Gasteiger partial charge in [-0.3, -0.25) is 4.98 Å². The largest absolute Gasteiger partial charge is 0.417 e. The molecule has 0 saturated heterocycles. The van der Waals surface area contributed by atoms with Gasteiger partial charge >= 0.3 is 6.18 Å². The molecule has 0 amide bonds. The van der Waals surface area contributed by atoms with Crippen LogP contribution in [0.5, 0.6) is 0 Å². The molecule has 0 aliphatic rings. The number of halogens is 5. The fourth-order valence-electron chi connectivity index (χ4n) is 1.19. The molecule has 0 radical (unpaired) electrons. The normalized spacial score (nSPS) is 14.1. The van der Waals surface area contributed by atoms with Crippen molar-refractivity contribution in [1.82, 2.24) is 4.98 Å². The van der Waals surface area contributed by atoms with E-state index < -0.39 is 11.7 Å². The van der Waals surface area contributed by atoms with Crippen LogP contribution in [-0.2, 0) is 12.6 Å². The lowest BCUT2D eigenvalue weighted by atomic mass is 10.1. The SMILES string of the molecule is CC(C)C(Br)Cc1ncc(C(F)(F)F)cc1Cl. The average molecular weight is 331 g/mol. The van der Waals surface area contributed by atoms with Crippen LogP contribution < -0.4 is 0 Å². The highest BCUT2D eigenvalue weighted by Crippen LogP contribution is 2.31. The van der Waals surface area contributed by atoms with Crippen LogP contribution in [0.25, 0.3) is 0 Å². The van der Waals surface area contributed by atoms with Gasteiger partial charge in [0.2, 0.25) is 0 Å². The molecule has 1 atom stereocenters. The van der Waals surface area contributed by atoms with Gasteiger partial charge in [0.1, 0.15) is 0 Å². The molecular weight excluding hydrogens is 318 g/mol. The Kier molecular flexibility index (Phi) is 4.84. The number of pyridine rings is 1. The summed E-state index contributed by atoms with van der Waals surface area (Å²) in [5.74, 6) is 0.357. The quantitative estimate of drug-likeness (QED) is 0.731. The van der Waals surface area contributed by atoms with Gasteiger partial charge in [0, 0.05) is 17.4 Å². The van der Waals surface area contributed by atoms with E-state index in [-0.39, 0.29) is 9.85 Å². The van der Waals surface area contributed by atoms with E-state index in [2.05, 4.69) is 20.9 Å². The van der Waals surface area contributed by atoms with Gasteiger partial charge in [-0.2, -0.15) is 13.2 Å². The zero-order valence-corrected chi connectivity index (χ0v) is 11.7. The molecule has 0 bridgehead atoms. The number of hydrogen-bond donors (Lipinski definition) is 0. The summed E-state index contributed by atoms with van der Waals surface area (Å²) < 4.78 is 37.1. The van der Waals surface area contributed by atoms with Crippen molar-refractivity contribution in [2.45, 2.75) is 31.3 Å². The molecule has 0 aromatic carbocycles. The van der Waals surface area contributed by atoms with Crippen molar-refractivity contribution < 1.29 is 13.2 Å². The Balaban J connectivity index is 2.91. The number of nitrogens with zero attached hydrogens (tertiary/aromatic N) is 1. The van der Waals surface area contributed by atoms with E-state index in [0.717, 1.165) is 12.3 Å². The minimum Gasteiger partial charge on any atom is -0.259 e. The second kappa shape index (κ2) is 5.57. The molecule has 0 N–H and O–H groups in total. The van der Waals surface area contributed by atoms with E-state index in [1.54, 1.807) is 0 Å². The standard InChI is InChI=1S/C11H12BrClF3N/c1-6(2)8(12)4-10-9(13)3-7(5-17-10)11(14,15)16/h3,5-6,8H,4H2,1-2H3. The highest BCUT2D eigenvalue weighted by Gasteiger charge is 2.31. The van der Waals surface area contributed by atoms with Crippen molar-refractivity contribution in [2.75, 3.05) is 0 Å². The summed E-state index contributed by atoms with van der Waals surface area (Å²) in [5.41, 5.74) is -0.336. The van der Waals surface area contributed by atoms with Crippen LogP contribution >= 0.6 is 27.5 Å². The van der Waals surface area contributed by atoms with Crippen LogP contribution in [0, 0.1) is 5.92 Å². The van der Waals surface area contributed by atoms with Gasteiger partial charge in [-0.25, -0.2) is 0 Å². The van der Waals surface area contributed by atoms with Crippen LogP contribution in [0.15, 0.2) is 12.3 Å². The number of rotatable bonds is 3. The first kappa shape index (κ1) is 14.8. The summed E-state index contributed by atoms with van der Waals surface area (Å²) in [5, 5.41) is 0.0601. The lowest BCUT2D eigenvalue weighted by Crippen LogP contribution is -2.13. The summed E-state index contributed by atoms with van der Waals surface area (Å²) in [4.78, 5) is 3.93. The van der Waals surface area contributed by atoms with Crippen molar-refractivity contribution in [2.24, 2.45) is 5.92 Å². The number of aromatic nitrogens is 1. The molecule has 1 heterocycles. The number of alkyl halides is 4. The fraction of sp³-hybridized carbons (Fsp3) is 0.545. The van der Waals surface area contributed by atoms with E-state index in [0.29, 0.717) is 18.0 Å². The van der Waals surface area contributed by atoms with Gasteiger partial charge in [-0.1, -0.05) is 41.4 Å². The molecule has 0 aliphatic heterocycles. The Morgan fingerprint density at radius 3 is 2.41 bits per heavy atom. The molecule has 1 unspecified atom stereocenters. The van der Waals surface area contributed by atoms with Crippen LogP contribution in [0.2, 0.25) is 5.02 Å². The van der Waals surface area contributed by atoms with Gasteiger partial charge in [-0.15, -0.1) is 0 Å². The predicted molar refractivity (Wildman–Crippen MR) is 65.5 cm³/mol. The first-order valence-corrected chi connectivity index (χ1v) is 6.37. The Labute approximate surface area is 112 Å². The summed E-state index contributed by atoms with van der Waals surface area (Å²) in [6.45, 7) is 4.02. The van der Waals surface area contributed by atoms with Crippen LogP contribution in [0.4, 0.5) is 13.2 Å². The third kappa shape index (κ3) is 4.14. The molecule has 1 nitrogen and oxygen atoms in total. The lowest BCUT2D eigenvalue weighted by Gasteiger charge is -2.14. The lowest BCUT2D eigenvalue weighted by molar-refractivity contribution is -0.137. The summed E-state index contributed by atoms with van der Waals surface area (Å²) in [6.07, 6.45) is -3.07. The molecule has 0 fully saturated rings. The molecule has 0 aliphatic carbocycles. The topological polar surface area (TPSA) is 12.9 Å². The summed E-state index contributed by atoms with van der Waals surface area (Å²) in [6, 6.07) is 0.921. The molecule has 1 rings (SSSR count). The van der Waals surface area contributed by atoms with Crippen LogP contribution in [-0.4, -0.2) is 9.81 Å². The van der Waals surface area contributed by atoms with Gasteiger partial charge in [0.05, 0.1) is 16.3 Å². The maximum atomic E-state index is 12.4. The second-order valence-corrected chi connectivity index (χ2v) is 5.70. The molecule has 0 saturated carbocycles. The Hall–Kier alpha value is -0.290. The van der Waals surface area contributed by atoms with E-state index in [1.165, 1.54) is 0 Å². The van der Waals surface area contributed by atoms with E-state index in [4.69, 9.17) is 11.6 Å². The van der Waals surface area contributed by atoms with E-state index >= 15 is 0 Å². The van der Waals surface area contributed by atoms with E-state index in [1.807, 2.05) is 13.8 Å². The highest BCUT2D eigenvalue weighted by atomic mass is 79.9. The van der Waals surface area contributed by atoms with Crippen molar-refractivity contribution in [3.63, 3.8) is 0 Å². The zero-order valence-electron chi connectivity index (χ0n) is 9.35. The molecule has 1 aromatic heterocycles. The monoisotopic (exact) mass is 329 g/mol. The molecule has 6 heteroatoms. The van der Waals surface area contributed by atoms with Crippen molar-refractivity contribution in [1.29, 1.82) is 0 Å². The van der Waals surface area contributed by atoms with Gasteiger partial charge in [-0.05, 0) is 12.0 Å². The Morgan fingerprint density at radius 1 is 1.41 bits per heavy atom. The van der Waals surface area contributed by atoms with Gasteiger partial charge in [0.15, 0.2) is 0 Å². The zero-order chi connectivity index (χ0) is 13.2. The second-order valence-electron chi connectivity index (χ2n) is 4.11. The van der Waals surface area contributed by atoms with Crippen LogP contribution in [0.3, 0.4) is 0 Å². The Bertz CT molecular complexity index is 393. The Morgan fingerprint density at radius 2 is 2.00 bits per heavy atom. The first-order valence-electron chi connectivity index (χ1n) is 5.07. The van der Waals surface area contributed by atoms with Gasteiger partial charge in [0.25, 0.3) is 0 Å². The molecule has 0 spiro atoms. The fourth-order valence-corrected chi connectivity index (χ4v) is 1.74. The molecule has 1 aromatic rings. The van der Waals surface area contributed by atoms with Crippen molar-refractivity contribution in [3.05, 3.63) is 28.5 Å². The summed E-state index contributed by atoms with van der Waals surface area (Å²) in [7, 11) is 0. The predicted octanol–water partition coefficient (Wildman–Crippen LogP) is 4.72. The third-order valence-electron chi connectivity index (χ3n) is 2.36. The first-order chi connectivity index (χ1) is 7.71. The van der Waals surface area contributed by atoms with Crippen LogP contribution in [0.1, 0.15) is 25.1 Å². The maximum Gasteiger partial charge on any atom is 0.417 e. The maximum absolute atomic E-state index is 12.4. The highest BCUT2D eigenvalue weighted by molar-refractivity contribution is 9.09. The van der Waals surface area contributed by atoms with Crippen molar-refractivity contribution in [3.8, 4) is 0 Å². The van der Waals surface area contributed by atoms with E-state index in [9.17, 15) is 13.2 Å². The smallest absolute Gasteiger partial charge is 0.259 e. The molecular formula is C11H12BrClF3N. The molecule has 96 valence electrons. The minimum atomic E-state index is -4.40. The minimum absolute atomic E-state index is 0.0601.